The Balaban J connectivity index is 0. The Hall–Kier alpha value is -0.0800. The molecule has 0 bridgehead atoms. The van der Waals surface area contributed by atoms with Crippen molar-refractivity contribution in [1.29, 1.82) is 0 Å². The molecule has 12 heavy (non-hydrogen) atoms. The molecular formula is C10H25NO. The average Bonchev–Trinajstić information content (AvgIpc) is 2.15. The summed E-state index contributed by atoms with van der Waals surface area (Å²) in [5.74, 6) is 0. The van der Waals surface area contributed by atoms with Crippen LogP contribution in [-0.4, -0.2) is 26.8 Å². The minimum absolute atomic E-state index is 0.916. The fourth-order valence-corrected chi connectivity index (χ4v) is 0.752. The number of hydrogen-bond donors (Lipinski definition) is 1. The fraction of sp³-hybridized carbons (Fsp3) is 1.00. The van der Waals surface area contributed by atoms with Gasteiger partial charge in [0.2, 0.25) is 0 Å². The van der Waals surface area contributed by atoms with Crippen LogP contribution in [0.1, 0.15) is 40.0 Å². The summed E-state index contributed by atoms with van der Waals surface area (Å²) >= 11 is 0. The van der Waals surface area contributed by atoms with Crippen molar-refractivity contribution in [3.8, 4) is 0 Å². The van der Waals surface area contributed by atoms with Gasteiger partial charge in [0.25, 0.3) is 0 Å². The predicted octanol–water partition coefficient (Wildman–Crippen LogP) is 2.44. The van der Waals surface area contributed by atoms with Gasteiger partial charge in [-0.15, -0.1) is 0 Å². The molecule has 1 N–H and O–H groups in total. The van der Waals surface area contributed by atoms with Crippen LogP contribution in [0.15, 0.2) is 0 Å². The van der Waals surface area contributed by atoms with Crippen LogP contribution in [0.3, 0.4) is 0 Å². The predicted molar refractivity (Wildman–Crippen MR) is 55.6 cm³/mol. The van der Waals surface area contributed by atoms with Gasteiger partial charge in [-0.1, -0.05) is 20.8 Å². The van der Waals surface area contributed by atoms with Crippen LogP contribution in [-0.2, 0) is 4.74 Å². The minimum Gasteiger partial charge on any atom is -0.381 e. The molecule has 0 unspecified atom stereocenters. The van der Waals surface area contributed by atoms with Crippen molar-refractivity contribution in [1.82, 2.24) is 5.32 Å². The van der Waals surface area contributed by atoms with Crippen molar-refractivity contribution < 1.29 is 4.74 Å². The lowest BCUT2D eigenvalue weighted by molar-refractivity contribution is 0.131. The van der Waals surface area contributed by atoms with Crippen molar-refractivity contribution in [2.45, 2.75) is 40.0 Å². The van der Waals surface area contributed by atoms with Gasteiger partial charge in [0.15, 0.2) is 0 Å². The van der Waals surface area contributed by atoms with Gasteiger partial charge in [-0.2, -0.15) is 0 Å². The first-order chi connectivity index (χ1) is 5.91. The standard InChI is InChI=1S/C8H19NO.C2H6/c1-3-7-10-8-5-4-6-9-2;1-2/h9H,3-8H2,1-2H3;1-2H3. The molecule has 0 atom stereocenters. The molecule has 0 radical (unpaired) electrons. The van der Waals surface area contributed by atoms with Gasteiger partial charge in [0, 0.05) is 13.2 Å². The van der Waals surface area contributed by atoms with Crippen LogP contribution < -0.4 is 5.32 Å². The fourth-order valence-electron chi connectivity index (χ4n) is 0.752. The number of rotatable bonds is 7. The molecule has 0 rings (SSSR count). The van der Waals surface area contributed by atoms with Crippen molar-refractivity contribution >= 4 is 0 Å². The molecule has 0 aromatic heterocycles. The summed E-state index contributed by atoms with van der Waals surface area (Å²) in [7, 11) is 1.98. The van der Waals surface area contributed by atoms with Crippen LogP contribution in [0.5, 0.6) is 0 Å². The zero-order chi connectivity index (χ0) is 9.66. The smallest absolute Gasteiger partial charge is 0.0466 e. The second-order valence-electron chi connectivity index (χ2n) is 2.42. The lowest BCUT2D eigenvalue weighted by Gasteiger charge is -2.01. The maximum absolute atomic E-state index is 5.30. The molecule has 0 aromatic carbocycles. The Bertz CT molecular complexity index is 49.8. The van der Waals surface area contributed by atoms with E-state index in [1.54, 1.807) is 0 Å². The number of nitrogens with one attached hydrogen (secondary N) is 1. The second kappa shape index (κ2) is 17.1. The SMILES string of the molecule is CC.CCCOCCCCNC. The van der Waals surface area contributed by atoms with E-state index in [9.17, 15) is 0 Å². The van der Waals surface area contributed by atoms with E-state index in [1.807, 2.05) is 20.9 Å². The zero-order valence-electron chi connectivity index (χ0n) is 9.15. The number of unbranched alkanes of at least 4 members (excludes halogenated alkanes) is 1. The summed E-state index contributed by atoms with van der Waals surface area (Å²) in [4.78, 5) is 0. The molecule has 0 fully saturated rings. The van der Waals surface area contributed by atoms with Crippen molar-refractivity contribution in [3.05, 3.63) is 0 Å². The summed E-state index contributed by atoms with van der Waals surface area (Å²) in [6.07, 6.45) is 3.53. The zero-order valence-corrected chi connectivity index (χ0v) is 9.15. The first-order valence-corrected chi connectivity index (χ1v) is 5.14. The van der Waals surface area contributed by atoms with Gasteiger partial charge in [-0.3, -0.25) is 0 Å². The van der Waals surface area contributed by atoms with Crippen molar-refractivity contribution in [2.75, 3.05) is 26.8 Å². The third-order valence-electron chi connectivity index (χ3n) is 1.31. The molecule has 0 aliphatic carbocycles. The lowest BCUT2D eigenvalue weighted by Crippen LogP contribution is -2.08. The number of ether oxygens (including phenoxy) is 1. The van der Waals surface area contributed by atoms with Gasteiger partial charge in [0.05, 0.1) is 0 Å². The average molecular weight is 175 g/mol. The molecule has 2 nitrogen and oxygen atoms in total. The largest absolute Gasteiger partial charge is 0.381 e. The Morgan fingerprint density at radius 1 is 1.08 bits per heavy atom. The van der Waals surface area contributed by atoms with Crippen LogP contribution >= 0.6 is 0 Å². The summed E-state index contributed by atoms with van der Waals surface area (Å²) < 4.78 is 5.30. The van der Waals surface area contributed by atoms with Gasteiger partial charge >= 0.3 is 0 Å². The molecule has 0 aromatic rings. The van der Waals surface area contributed by atoms with Crippen LogP contribution in [0, 0.1) is 0 Å². The van der Waals surface area contributed by atoms with Crippen LogP contribution in [0.4, 0.5) is 0 Å². The first-order valence-electron chi connectivity index (χ1n) is 5.14. The highest BCUT2D eigenvalue weighted by molar-refractivity contribution is 4.41. The molecule has 0 aliphatic heterocycles. The van der Waals surface area contributed by atoms with Crippen molar-refractivity contribution in [2.24, 2.45) is 0 Å². The Labute approximate surface area is 77.7 Å². The monoisotopic (exact) mass is 175 g/mol. The van der Waals surface area contributed by atoms with E-state index in [2.05, 4.69) is 12.2 Å². The third kappa shape index (κ3) is 16.5. The van der Waals surface area contributed by atoms with Gasteiger partial charge in [-0.25, -0.2) is 0 Å². The van der Waals surface area contributed by atoms with Crippen LogP contribution in [0.2, 0.25) is 0 Å². The molecule has 0 heterocycles. The number of hydrogen-bond acceptors (Lipinski definition) is 2. The van der Waals surface area contributed by atoms with Gasteiger partial charge in [0.1, 0.15) is 0 Å². The summed E-state index contributed by atoms with van der Waals surface area (Å²) in [5.41, 5.74) is 0. The quantitative estimate of drug-likeness (QED) is 0.600. The topological polar surface area (TPSA) is 21.3 Å². The molecule has 0 aliphatic rings. The van der Waals surface area contributed by atoms with Gasteiger partial charge < -0.3 is 10.1 Å². The maximum Gasteiger partial charge on any atom is 0.0466 e. The summed E-state index contributed by atoms with van der Waals surface area (Å²) in [5, 5.41) is 3.10. The Morgan fingerprint density at radius 3 is 2.25 bits per heavy atom. The highest BCUT2D eigenvalue weighted by atomic mass is 16.5. The highest BCUT2D eigenvalue weighted by Crippen LogP contribution is 1.88. The van der Waals surface area contributed by atoms with Crippen molar-refractivity contribution in [3.63, 3.8) is 0 Å². The third-order valence-corrected chi connectivity index (χ3v) is 1.31. The normalized spacial score (nSPS) is 9.00. The Kier molecular flexibility index (Phi) is 20.6. The second-order valence-corrected chi connectivity index (χ2v) is 2.42. The molecule has 2 heteroatoms. The summed E-state index contributed by atoms with van der Waals surface area (Å²) in [6, 6.07) is 0. The van der Waals surface area contributed by atoms with E-state index in [1.165, 1.54) is 12.8 Å². The molecule has 0 spiro atoms. The van der Waals surface area contributed by atoms with Crippen LogP contribution in [0.25, 0.3) is 0 Å². The summed E-state index contributed by atoms with van der Waals surface area (Å²) in [6.45, 7) is 9.08. The highest BCUT2D eigenvalue weighted by Gasteiger charge is 1.86. The Morgan fingerprint density at radius 2 is 1.75 bits per heavy atom. The molecule has 0 amide bonds. The van der Waals surface area contributed by atoms with E-state index in [0.29, 0.717) is 0 Å². The molecule has 76 valence electrons. The molecule has 0 saturated carbocycles. The maximum atomic E-state index is 5.30. The van der Waals surface area contributed by atoms with Gasteiger partial charge in [-0.05, 0) is 32.9 Å². The van der Waals surface area contributed by atoms with E-state index in [4.69, 9.17) is 4.74 Å². The van der Waals surface area contributed by atoms with E-state index in [0.717, 1.165) is 26.2 Å². The van der Waals surface area contributed by atoms with E-state index < -0.39 is 0 Å². The van der Waals surface area contributed by atoms with E-state index in [-0.39, 0.29) is 0 Å². The first kappa shape index (κ1) is 14.4. The lowest BCUT2D eigenvalue weighted by atomic mass is 10.3. The minimum atomic E-state index is 0.916. The molecule has 0 saturated heterocycles. The van der Waals surface area contributed by atoms with E-state index >= 15 is 0 Å². The molecular weight excluding hydrogens is 150 g/mol.